The SMILES string of the molecule is N[C@H](Cc1ccccc1)C(=O)Nc1ccc(F)c(F)c1. The molecule has 0 aromatic heterocycles. The van der Waals surface area contributed by atoms with Crippen molar-refractivity contribution in [2.24, 2.45) is 5.73 Å². The Balaban J connectivity index is 1.99. The van der Waals surface area contributed by atoms with Gasteiger partial charge in [-0.15, -0.1) is 0 Å². The summed E-state index contributed by atoms with van der Waals surface area (Å²) in [5.41, 5.74) is 6.89. The van der Waals surface area contributed by atoms with Gasteiger partial charge >= 0.3 is 0 Å². The van der Waals surface area contributed by atoms with Crippen molar-refractivity contribution in [3.05, 3.63) is 65.7 Å². The van der Waals surface area contributed by atoms with Crippen LogP contribution in [0.15, 0.2) is 48.5 Å². The standard InChI is InChI=1S/C15H14F2N2O/c16-12-7-6-11(9-13(12)17)19-15(20)14(18)8-10-4-2-1-3-5-10/h1-7,9,14H,8,18H2,(H,19,20)/t14-/m1/s1. The molecule has 0 unspecified atom stereocenters. The molecule has 0 heterocycles. The molecule has 0 aliphatic heterocycles. The van der Waals surface area contributed by atoms with Crippen molar-refractivity contribution in [3.63, 3.8) is 0 Å². The molecule has 0 aliphatic rings. The van der Waals surface area contributed by atoms with Crippen molar-refractivity contribution < 1.29 is 13.6 Å². The number of nitrogens with one attached hydrogen (secondary N) is 1. The topological polar surface area (TPSA) is 55.1 Å². The van der Waals surface area contributed by atoms with E-state index in [0.29, 0.717) is 6.42 Å². The number of halogens is 2. The first kappa shape index (κ1) is 14.1. The largest absolute Gasteiger partial charge is 0.325 e. The monoisotopic (exact) mass is 276 g/mol. The fraction of sp³-hybridized carbons (Fsp3) is 0.133. The van der Waals surface area contributed by atoms with E-state index in [0.717, 1.165) is 17.7 Å². The zero-order chi connectivity index (χ0) is 14.5. The zero-order valence-electron chi connectivity index (χ0n) is 10.6. The van der Waals surface area contributed by atoms with Gasteiger partial charge in [0.1, 0.15) is 0 Å². The van der Waals surface area contributed by atoms with E-state index in [2.05, 4.69) is 5.32 Å². The molecule has 20 heavy (non-hydrogen) atoms. The van der Waals surface area contributed by atoms with Crippen LogP contribution in [0.3, 0.4) is 0 Å². The Hall–Kier alpha value is -2.27. The van der Waals surface area contributed by atoms with Crippen LogP contribution in [0.1, 0.15) is 5.56 Å². The summed E-state index contributed by atoms with van der Waals surface area (Å²) in [4.78, 5) is 11.9. The average Bonchev–Trinajstić information content (AvgIpc) is 2.44. The van der Waals surface area contributed by atoms with Gasteiger partial charge in [-0.3, -0.25) is 4.79 Å². The molecule has 1 atom stereocenters. The number of benzene rings is 2. The number of carbonyl (C=O) groups is 1. The van der Waals surface area contributed by atoms with E-state index in [9.17, 15) is 13.6 Å². The van der Waals surface area contributed by atoms with Gasteiger partial charge in [-0.25, -0.2) is 8.78 Å². The number of rotatable bonds is 4. The molecule has 0 saturated heterocycles. The Morgan fingerprint density at radius 3 is 2.45 bits per heavy atom. The molecular formula is C15H14F2N2O. The third-order valence-electron chi connectivity index (χ3n) is 2.82. The Labute approximate surface area is 115 Å². The van der Waals surface area contributed by atoms with E-state index in [1.54, 1.807) is 0 Å². The molecule has 5 heteroatoms. The van der Waals surface area contributed by atoms with Crippen LogP contribution in [0.25, 0.3) is 0 Å². The van der Waals surface area contributed by atoms with Gasteiger partial charge in [0.05, 0.1) is 6.04 Å². The van der Waals surface area contributed by atoms with Crippen LogP contribution in [0.5, 0.6) is 0 Å². The quantitative estimate of drug-likeness (QED) is 0.901. The maximum Gasteiger partial charge on any atom is 0.241 e. The maximum absolute atomic E-state index is 13.0. The first-order valence-electron chi connectivity index (χ1n) is 6.11. The number of amides is 1. The molecule has 2 aromatic carbocycles. The highest BCUT2D eigenvalue weighted by Crippen LogP contribution is 2.13. The summed E-state index contributed by atoms with van der Waals surface area (Å²) in [6.45, 7) is 0. The molecule has 0 radical (unpaired) electrons. The molecular weight excluding hydrogens is 262 g/mol. The van der Waals surface area contributed by atoms with Crippen LogP contribution in [0, 0.1) is 11.6 Å². The summed E-state index contributed by atoms with van der Waals surface area (Å²) in [6.07, 6.45) is 0.371. The third kappa shape index (κ3) is 3.61. The van der Waals surface area contributed by atoms with E-state index >= 15 is 0 Å². The highest BCUT2D eigenvalue weighted by Gasteiger charge is 2.14. The van der Waals surface area contributed by atoms with Crippen LogP contribution in [0.4, 0.5) is 14.5 Å². The van der Waals surface area contributed by atoms with Crippen LogP contribution < -0.4 is 11.1 Å². The van der Waals surface area contributed by atoms with Crippen molar-refractivity contribution in [1.29, 1.82) is 0 Å². The summed E-state index contributed by atoms with van der Waals surface area (Å²) >= 11 is 0. The Morgan fingerprint density at radius 2 is 1.80 bits per heavy atom. The van der Waals surface area contributed by atoms with Crippen LogP contribution in [-0.4, -0.2) is 11.9 Å². The van der Waals surface area contributed by atoms with Crippen molar-refractivity contribution >= 4 is 11.6 Å². The molecule has 1 amide bonds. The first-order chi connectivity index (χ1) is 9.56. The predicted octanol–water partition coefficient (Wildman–Crippen LogP) is 2.47. The summed E-state index contributed by atoms with van der Waals surface area (Å²) in [6, 6.07) is 11.7. The van der Waals surface area contributed by atoms with Gasteiger partial charge in [-0.2, -0.15) is 0 Å². The van der Waals surface area contributed by atoms with Crippen LogP contribution >= 0.6 is 0 Å². The van der Waals surface area contributed by atoms with E-state index in [1.807, 2.05) is 30.3 Å². The van der Waals surface area contributed by atoms with Crippen LogP contribution in [0.2, 0.25) is 0 Å². The van der Waals surface area contributed by atoms with Crippen molar-refractivity contribution in [2.45, 2.75) is 12.5 Å². The van der Waals surface area contributed by atoms with Gasteiger partial charge in [0.15, 0.2) is 11.6 Å². The lowest BCUT2D eigenvalue weighted by atomic mass is 10.1. The number of nitrogens with two attached hydrogens (primary N) is 1. The Bertz CT molecular complexity index is 602. The number of anilines is 1. The highest BCUT2D eigenvalue weighted by molar-refractivity contribution is 5.94. The predicted molar refractivity (Wildman–Crippen MR) is 73.1 cm³/mol. The number of hydrogen-bond acceptors (Lipinski definition) is 2. The van der Waals surface area contributed by atoms with Gasteiger partial charge < -0.3 is 11.1 Å². The summed E-state index contributed by atoms with van der Waals surface area (Å²) in [5, 5.41) is 2.46. The molecule has 0 aliphatic carbocycles. The van der Waals surface area contributed by atoms with E-state index in [-0.39, 0.29) is 5.69 Å². The molecule has 3 N–H and O–H groups in total. The van der Waals surface area contributed by atoms with Gasteiger partial charge in [-0.05, 0) is 24.1 Å². The van der Waals surface area contributed by atoms with E-state index < -0.39 is 23.6 Å². The first-order valence-corrected chi connectivity index (χ1v) is 6.11. The van der Waals surface area contributed by atoms with Crippen molar-refractivity contribution in [1.82, 2.24) is 0 Å². The summed E-state index contributed by atoms with van der Waals surface area (Å²) < 4.78 is 25.8. The maximum atomic E-state index is 13.0. The molecule has 3 nitrogen and oxygen atoms in total. The minimum Gasteiger partial charge on any atom is -0.325 e. The summed E-state index contributed by atoms with van der Waals surface area (Å²) in [7, 11) is 0. The molecule has 2 rings (SSSR count). The van der Waals surface area contributed by atoms with Crippen LogP contribution in [-0.2, 0) is 11.2 Å². The molecule has 0 saturated carbocycles. The Kier molecular flexibility index (Phi) is 4.42. The molecule has 0 bridgehead atoms. The van der Waals surface area contributed by atoms with E-state index in [1.165, 1.54) is 6.07 Å². The fourth-order valence-corrected chi connectivity index (χ4v) is 1.77. The van der Waals surface area contributed by atoms with Gasteiger partial charge in [0, 0.05) is 11.8 Å². The lowest BCUT2D eigenvalue weighted by Gasteiger charge is -2.12. The molecule has 0 spiro atoms. The smallest absolute Gasteiger partial charge is 0.241 e. The van der Waals surface area contributed by atoms with Crippen molar-refractivity contribution in [2.75, 3.05) is 5.32 Å². The second-order valence-electron chi connectivity index (χ2n) is 4.41. The van der Waals surface area contributed by atoms with Crippen molar-refractivity contribution in [3.8, 4) is 0 Å². The van der Waals surface area contributed by atoms with Gasteiger partial charge in [0.25, 0.3) is 0 Å². The average molecular weight is 276 g/mol. The number of carbonyl (C=O) groups excluding carboxylic acids is 1. The van der Waals surface area contributed by atoms with E-state index in [4.69, 9.17) is 5.73 Å². The highest BCUT2D eigenvalue weighted by atomic mass is 19.2. The minimum atomic E-state index is -1.01. The second kappa shape index (κ2) is 6.25. The third-order valence-corrected chi connectivity index (χ3v) is 2.82. The fourth-order valence-electron chi connectivity index (χ4n) is 1.77. The second-order valence-corrected chi connectivity index (χ2v) is 4.41. The summed E-state index contributed by atoms with van der Waals surface area (Å²) in [5.74, 6) is -2.42. The normalized spacial score (nSPS) is 11.9. The Morgan fingerprint density at radius 1 is 1.10 bits per heavy atom. The minimum absolute atomic E-state index is 0.178. The van der Waals surface area contributed by atoms with Gasteiger partial charge in [-0.1, -0.05) is 30.3 Å². The lowest BCUT2D eigenvalue weighted by molar-refractivity contribution is -0.117. The van der Waals surface area contributed by atoms with Gasteiger partial charge in [0.2, 0.25) is 5.91 Å². The molecule has 2 aromatic rings. The molecule has 104 valence electrons. The number of hydrogen-bond donors (Lipinski definition) is 2. The zero-order valence-corrected chi connectivity index (χ0v) is 10.6. The molecule has 0 fully saturated rings. The lowest BCUT2D eigenvalue weighted by Crippen LogP contribution is -2.37.